The van der Waals surface area contributed by atoms with Gasteiger partial charge in [0.05, 0.1) is 25.5 Å². The summed E-state index contributed by atoms with van der Waals surface area (Å²) >= 11 is 0. The number of rotatable bonds is 5. The quantitative estimate of drug-likeness (QED) is 0.359. The van der Waals surface area contributed by atoms with Crippen molar-refractivity contribution in [3.8, 4) is 11.1 Å². The summed E-state index contributed by atoms with van der Waals surface area (Å²) in [5.74, 6) is -0.184. The Labute approximate surface area is 213 Å². The summed E-state index contributed by atoms with van der Waals surface area (Å²) in [5, 5.41) is 8.42. The minimum absolute atomic E-state index is 0.0843. The van der Waals surface area contributed by atoms with E-state index in [0.29, 0.717) is 30.7 Å². The van der Waals surface area contributed by atoms with Crippen LogP contribution in [0.3, 0.4) is 0 Å². The van der Waals surface area contributed by atoms with E-state index in [1.807, 2.05) is 67.6 Å². The van der Waals surface area contributed by atoms with Crippen molar-refractivity contribution in [3.05, 3.63) is 117 Å². The van der Waals surface area contributed by atoms with E-state index in [9.17, 15) is 9.59 Å². The number of anilines is 1. The van der Waals surface area contributed by atoms with Crippen LogP contribution in [0.2, 0.25) is 0 Å². The van der Waals surface area contributed by atoms with E-state index in [4.69, 9.17) is 9.26 Å². The molecule has 0 aliphatic carbocycles. The molecule has 7 nitrogen and oxygen atoms in total. The fourth-order valence-corrected chi connectivity index (χ4v) is 4.80. The molecule has 1 amide bonds. The number of hydrogen-bond acceptors (Lipinski definition) is 5. The fraction of sp³-hybridized carbons (Fsp3) is 0.167. The van der Waals surface area contributed by atoms with Crippen LogP contribution in [0, 0.1) is 6.92 Å². The molecular weight excluding hydrogens is 466 g/mol. The Morgan fingerprint density at radius 3 is 2.84 bits per heavy atom. The van der Waals surface area contributed by atoms with Crippen LogP contribution in [0.4, 0.5) is 5.69 Å². The fourth-order valence-electron chi connectivity index (χ4n) is 4.80. The maximum Gasteiger partial charge on any atom is 0.258 e. The Bertz CT molecular complexity index is 1700. The van der Waals surface area contributed by atoms with Crippen molar-refractivity contribution >= 4 is 22.4 Å². The molecule has 37 heavy (non-hydrogen) atoms. The number of fused-ring (bicyclic) bond motifs is 2. The molecule has 0 radical (unpaired) electrons. The third-order valence-electron chi connectivity index (χ3n) is 6.82. The van der Waals surface area contributed by atoms with E-state index in [1.165, 1.54) is 5.56 Å². The zero-order valence-corrected chi connectivity index (χ0v) is 20.4. The van der Waals surface area contributed by atoms with Crippen molar-refractivity contribution in [2.24, 2.45) is 0 Å². The van der Waals surface area contributed by atoms with Crippen LogP contribution < -0.4 is 10.9 Å². The molecule has 0 fully saturated rings. The SMILES string of the molecule is Cc1nocc1-c1ccc2c(=O)n(Cc3cccc(C(=O)Nc4ccc5c(c4)CCOC5)c3)ccc2c1. The minimum Gasteiger partial charge on any atom is -0.376 e. The maximum absolute atomic E-state index is 13.2. The third kappa shape index (κ3) is 4.57. The lowest BCUT2D eigenvalue weighted by molar-refractivity contribution is 0.102. The Balaban J connectivity index is 1.22. The van der Waals surface area contributed by atoms with Crippen LogP contribution in [0.25, 0.3) is 21.9 Å². The number of amides is 1. The van der Waals surface area contributed by atoms with Crippen molar-refractivity contribution in [3.63, 3.8) is 0 Å². The van der Waals surface area contributed by atoms with E-state index >= 15 is 0 Å². The zero-order valence-electron chi connectivity index (χ0n) is 20.4. The first-order valence-corrected chi connectivity index (χ1v) is 12.2. The molecule has 3 heterocycles. The molecule has 184 valence electrons. The largest absolute Gasteiger partial charge is 0.376 e. The molecule has 0 unspecified atom stereocenters. The van der Waals surface area contributed by atoms with Gasteiger partial charge in [0.25, 0.3) is 11.5 Å². The molecule has 1 aliphatic heterocycles. The monoisotopic (exact) mass is 491 g/mol. The topological polar surface area (TPSA) is 86.4 Å². The first kappa shape index (κ1) is 22.9. The van der Waals surface area contributed by atoms with Gasteiger partial charge in [0, 0.05) is 28.4 Å². The van der Waals surface area contributed by atoms with Gasteiger partial charge in [-0.1, -0.05) is 29.4 Å². The molecule has 2 aromatic heterocycles. The number of ether oxygens (including phenoxy) is 1. The summed E-state index contributed by atoms with van der Waals surface area (Å²) in [4.78, 5) is 26.2. The summed E-state index contributed by atoms with van der Waals surface area (Å²) < 4.78 is 12.2. The van der Waals surface area contributed by atoms with Gasteiger partial charge in [-0.05, 0) is 83.4 Å². The number of carbonyl (C=O) groups is 1. The highest BCUT2D eigenvalue weighted by atomic mass is 16.5. The smallest absolute Gasteiger partial charge is 0.258 e. The van der Waals surface area contributed by atoms with Crippen LogP contribution in [0.1, 0.15) is 32.7 Å². The molecule has 1 aliphatic rings. The average molecular weight is 492 g/mol. The van der Waals surface area contributed by atoms with Crippen LogP contribution in [-0.4, -0.2) is 22.2 Å². The summed E-state index contributed by atoms with van der Waals surface area (Å²) in [6.45, 7) is 3.56. The van der Waals surface area contributed by atoms with Gasteiger partial charge in [-0.25, -0.2) is 0 Å². The van der Waals surface area contributed by atoms with E-state index in [-0.39, 0.29) is 11.5 Å². The lowest BCUT2D eigenvalue weighted by Crippen LogP contribution is -2.20. The molecule has 0 bridgehead atoms. The normalized spacial score (nSPS) is 12.9. The molecule has 0 spiro atoms. The number of carbonyl (C=O) groups excluding carboxylic acids is 1. The van der Waals surface area contributed by atoms with E-state index in [1.54, 1.807) is 23.1 Å². The average Bonchev–Trinajstić information content (AvgIpc) is 3.36. The lowest BCUT2D eigenvalue weighted by Gasteiger charge is -2.17. The Kier molecular flexibility index (Phi) is 5.90. The van der Waals surface area contributed by atoms with Gasteiger partial charge in [-0.2, -0.15) is 0 Å². The minimum atomic E-state index is -0.184. The van der Waals surface area contributed by atoms with Gasteiger partial charge in [0.1, 0.15) is 6.26 Å². The second-order valence-corrected chi connectivity index (χ2v) is 9.31. The number of nitrogens with zero attached hydrogens (tertiary/aromatic N) is 2. The van der Waals surface area contributed by atoms with Crippen LogP contribution in [0.15, 0.2) is 88.5 Å². The predicted molar refractivity (Wildman–Crippen MR) is 142 cm³/mol. The Hall–Kier alpha value is -4.49. The summed E-state index contributed by atoms with van der Waals surface area (Å²) in [6, 6.07) is 20.9. The molecule has 1 N–H and O–H groups in total. The standard InChI is InChI=1S/C30H25N3O4/c1-19-28(18-37-32-19)22-6-8-27-23(14-22)9-11-33(30(27)35)16-20-3-2-4-24(13-20)29(34)31-26-7-5-25-17-36-12-10-21(25)15-26/h2-9,11,13-15,18H,10,12,16-17H2,1H3,(H,31,34). The number of aryl methyl sites for hydroxylation is 1. The van der Waals surface area contributed by atoms with Crippen molar-refractivity contribution in [2.45, 2.75) is 26.5 Å². The van der Waals surface area contributed by atoms with Crippen LogP contribution >= 0.6 is 0 Å². The second kappa shape index (κ2) is 9.52. The lowest BCUT2D eigenvalue weighted by atomic mass is 10.0. The van der Waals surface area contributed by atoms with Crippen molar-refractivity contribution < 1.29 is 14.1 Å². The van der Waals surface area contributed by atoms with Gasteiger partial charge in [-0.15, -0.1) is 0 Å². The highest BCUT2D eigenvalue weighted by Gasteiger charge is 2.13. The molecule has 7 heteroatoms. The Morgan fingerprint density at radius 1 is 1.05 bits per heavy atom. The highest BCUT2D eigenvalue weighted by molar-refractivity contribution is 6.04. The number of aromatic nitrogens is 2. The van der Waals surface area contributed by atoms with Gasteiger partial charge < -0.3 is 19.1 Å². The zero-order chi connectivity index (χ0) is 25.4. The van der Waals surface area contributed by atoms with Gasteiger partial charge in [0.2, 0.25) is 0 Å². The predicted octanol–water partition coefficient (Wildman–Crippen LogP) is 5.34. The molecule has 0 saturated carbocycles. The number of pyridine rings is 1. The summed E-state index contributed by atoms with van der Waals surface area (Å²) in [6.07, 6.45) is 4.25. The van der Waals surface area contributed by atoms with Crippen molar-refractivity contribution in [2.75, 3.05) is 11.9 Å². The number of hydrogen-bond donors (Lipinski definition) is 1. The van der Waals surface area contributed by atoms with Crippen LogP contribution in [0.5, 0.6) is 0 Å². The van der Waals surface area contributed by atoms with Crippen LogP contribution in [-0.2, 0) is 24.3 Å². The number of benzene rings is 3. The van der Waals surface area contributed by atoms with E-state index in [2.05, 4.69) is 10.5 Å². The molecule has 5 aromatic rings. The molecular formula is C30H25N3O4. The Morgan fingerprint density at radius 2 is 1.97 bits per heavy atom. The van der Waals surface area contributed by atoms with Gasteiger partial charge >= 0.3 is 0 Å². The molecule has 6 rings (SSSR count). The van der Waals surface area contributed by atoms with E-state index < -0.39 is 0 Å². The summed E-state index contributed by atoms with van der Waals surface area (Å²) in [7, 11) is 0. The highest BCUT2D eigenvalue weighted by Crippen LogP contribution is 2.26. The van der Waals surface area contributed by atoms with E-state index in [0.717, 1.165) is 45.4 Å². The van der Waals surface area contributed by atoms with Gasteiger partial charge in [-0.3, -0.25) is 9.59 Å². The van der Waals surface area contributed by atoms with Gasteiger partial charge in [0.15, 0.2) is 0 Å². The third-order valence-corrected chi connectivity index (χ3v) is 6.82. The molecule has 3 aromatic carbocycles. The first-order chi connectivity index (χ1) is 18.0. The molecule has 0 saturated heterocycles. The summed E-state index contributed by atoms with van der Waals surface area (Å²) in [5.41, 5.74) is 7.13. The van der Waals surface area contributed by atoms with Crippen molar-refractivity contribution in [1.29, 1.82) is 0 Å². The second-order valence-electron chi connectivity index (χ2n) is 9.31. The van der Waals surface area contributed by atoms with Crippen molar-refractivity contribution in [1.82, 2.24) is 9.72 Å². The maximum atomic E-state index is 13.2. The molecule has 0 atom stereocenters. The number of nitrogens with one attached hydrogen (secondary N) is 1. The first-order valence-electron chi connectivity index (χ1n) is 12.2.